The molecule has 1 aromatic carbocycles. The number of nitrogens with zero attached hydrogens (tertiary/aromatic N) is 3. The lowest BCUT2D eigenvalue weighted by molar-refractivity contribution is 0.0787. The Kier molecular flexibility index (Phi) is 6.14. The molecule has 0 spiro atoms. The number of carbonyl (C=O) groups excluding carboxylic acids is 1. The van der Waals surface area contributed by atoms with Crippen molar-refractivity contribution in [3.05, 3.63) is 54.2 Å². The van der Waals surface area contributed by atoms with Crippen LogP contribution in [0.3, 0.4) is 0 Å². The lowest BCUT2D eigenvalue weighted by Gasteiger charge is -2.20. The minimum Gasteiger partial charge on any atom is -0.283 e. The molecule has 1 aliphatic heterocycles. The predicted octanol–water partition coefficient (Wildman–Crippen LogP) is 6.29. The van der Waals surface area contributed by atoms with E-state index in [9.17, 15) is 4.79 Å². The van der Waals surface area contributed by atoms with Gasteiger partial charge in [-0.2, -0.15) is 5.10 Å². The first-order valence-corrected chi connectivity index (χ1v) is 12.8. The third kappa shape index (κ3) is 4.18. The third-order valence-corrected chi connectivity index (χ3v) is 8.07. The molecule has 1 N–H and O–H groups in total. The van der Waals surface area contributed by atoms with Gasteiger partial charge < -0.3 is 0 Å². The number of hydrogen-bond acceptors (Lipinski definition) is 4. The quantitative estimate of drug-likeness (QED) is 0.425. The molecule has 9 heteroatoms. The molecule has 162 valence electrons. The number of halogens is 3. The van der Waals surface area contributed by atoms with E-state index in [2.05, 4.69) is 27.4 Å². The average Bonchev–Trinajstić information content (AvgIpc) is 3.19. The van der Waals surface area contributed by atoms with E-state index >= 15 is 0 Å². The number of amides is 1. The summed E-state index contributed by atoms with van der Waals surface area (Å²) < 4.78 is 2.87. The summed E-state index contributed by atoms with van der Waals surface area (Å²) in [6.07, 6.45) is 6.27. The second-order valence-corrected chi connectivity index (χ2v) is 11.3. The normalized spacial score (nSPS) is 16.5. The summed E-state index contributed by atoms with van der Waals surface area (Å²) in [5.41, 5.74) is 7.29. The highest BCUT2D eigenvalue weighted by Gasteiger charge is 2.31. The fourth-order valence-corrected chi connectivity index (χ4v) is 6.56. The zero-order valence-electron chi connectivity index (χ0n) is 16.8. The van der Waals surface area contributed by atoms with Gasteiger partial charge in [0.15, 0.2) is 5.69 Å². The summed E-state index contributed by atoms with van der Waals surface area (Å²) in [5, 5.41) is 7.88. The van der Waals surface area contributed by atoms with Crippen molar-refractivity contribution < 1.29 is 4.79 Å². The fourth-order valence-electron chi connectivity index (χ4n) is 4.37. The van der Waals surface area contributed by atoms with Gasteiger partial charge in [-0.3, -0.25) is 10.2 Å². The molecule has 0 radical (unpaired) electrons. The van der Waals surface area contributed by atoms with Gasteiger partial charge in [0.1, 0.15) is 0 Å². The fraction of sp³-hybridized carbons (Fsp3) is 0.364. The largest absolute Gasteiger partial charge is 0.286 e. The van der Waals surface area contributed by atoms with Gasteiger partial charge in [-0.1, -0.05) is 36.0 Å². The number of hydrazine groups is 1. The number of fused-ring (bicyclic) bond motifs is 3. The summed E-state index contributed by atoms with van der Waals surface area (Å²) in [5.74, 6) is -0.153. The molecule has 0 unspecified atom stereocenters. The monoisotopic (exact) mass is 538 g/mol. The highest BCUT2D eigenvalue weighted by molar-refractivity contribution is 9.11. The molecule has 2 aromatic heterocycles. The van der Waals surface area contributed by atoms with E-state index in [1.807, 2.05) is 15.8 Å². The van der Waals surface area contributed by atoms with Crippen molar-refractivity contribution >= 4 is 56.4 Å². The van der Waals surface area contributed by atoms with Crippen LogP contribution in [0.5, 0.6) is 0 Å². The number of thiophene rings is 1. The summed E-state index contributed by atoms with van der Waals surface area (Å²) in [6.45, 7) is 1.75. The Hall–Kier alpha value is -1.38. The highest BCUT2D eigenvalue weighted by atomic mass is 79.9. The smallest absolute Gasteiger partial charge is 0.283 e. The van der Waals surface area contributed by atoms with Crippen molar-refractivity contribution in [3.8, 4) is 16.9 Å². The molecule has 5 rings (SSSR count). The molecule has 31 heavy (non-hydrogen) atoms. The molecule has 0 saturated carbocycles. The molecule has 3 aromatic rings. The Balaban J connectivity index is 1.60. The topological polar surface area (TPSA) is 50.2 Å². The van der Waals surface area contributed by atoms with E-state index in [-0.39, 0.29) is 5.91 Å². The minimum atomic E-state index is -0.153. The zero-order valence-corrected chi connectivity index (χ0v) is 20.7. The van der Waals surface area contributed by atoms with Gasteiger partial charge in [0, 0.05) is 34.1 Å². The standard InChI is InChI=1S/C22H21BrCl2N4OS/c23-19-12-15-18(31-19)8-6-14-20(22(30)27-28-9-3-1-2-4-10-28)26-29(21(14)15)17-7-5-13(24)11-16(17)25/h5,7,11-12H,1-4,6,8-10H2,(H,27,30). The summed E-state index contributed by atoms with van der Waals surface area (Å²) in [7, 11) is 0. The number of nitrogens with one attached hydrogen (secondary N) is 1. The summed E-state index contributed by atoms with van der Waals surface area (Å²) in [6, 6.07) is 7.46. The van der Waals surface area contributed by atoms with Crippen molar-refractivity contribution in [3.63, 3.8) is 0 Å². The molecule has 2 aliphatic rings. The van der Waals surface area contributed by atoms with E-state index in [0.29, 0.717) is 21.4 Å². The Bertz CT molecular complexity index is 1150. The van der Waals surface area contributed by atoms with E-state index in [1.165, 1.54) is 17.7 Å². The number of aromatic nitrogens is 2. The number of benzene rings is 1. The van der Waals surface area contributed by atoms with E-state index < -0.39 is 0 Å². The number of rotatable bonds is 3. The van der Waals surface area contributed by atoms with E-state index in [0.717, 1.165) is 59.4 Å². The van der Waals surface area contributed by atoms with Gasteiger partial charge >= 0.3 is 0 Å². The molecule has 1 saturated heterocycles. The predicted molar refractivity (Wildman–Crippen MR) is 130 cm³/mol. The van der Waals surface area contributed by atoms with Crippen molar-refractivity contribution in [1.29, 1.82) is 0 Å². The first-order valence-electron chi connectivity index (χ1n) is 10.4. The lowest BCUT2D eigenvalue weighted by atomic mass is 9.94. The van der Waals surface area contributed by atoms with Gasteiger partial charge in [0.05, 0.1) is 20.2 Å². The first kappa shape index (κ1) is 21.5. The van der Waals surface area contributed by atoms with Gasteiger partial charge in [0.2, 0.25) is 0 Å². The van der Waals surface area contributed by atoms with Crippen LogP contribution < -0.4 is 5.43 Å². The molecule has 1 aliphatic carbocycles. The number of aryl methyl sites for hydroxylation is 1. The summed E-state index contributed by atoms with van der Waals surface area (Å²) in [4.78, 5) is 14.6. The van der Waals surface area contributed by atoms with Crippen LogP contribution in [0.4, 0.5) is 0 Å². The number of hydrogen-bond donors (Lipinski definition) is 1. The van der Waals surface area contributed by atoms with Crippen LogP contribution in [0.1, 0.15) is 46.6 Å². The van der Waals surface area contributed by atoms with Gasteiger partial charge in [-0.05, 0) is 65.9 Å². The van der Waals surface area contributed by atoms with Crippen LogP contribution in [0.15, 0.2) is 28.1 Å². The highest BCUT2D eigenvalue weighted by Crippen LogP contribution is 2.43. The molecule has 0 bridgehead atoms. The third-order valence-electron chi connectivity index (χ3n) is 5.84. The van der Waals surface area contributed by atoms with Crippen molar-refractivity contribution in [2.45, 2.75) is 38.5 Å². The second kappa shape index (κ2) is 8.87. The molecule has 1 amide bonds. The van der Waals surface area contributed by atoms with Crippen molar-refractivity contribution in [2.24, 2.45) is 0 Å². The SMILES string of the molecule is O=C(NN1CCCCCC1)c1nn(-c2ccc(Cl)cc2Cl)c2c1CCc1sc(Br)cc1-2. The van der Waals surface area contributed by atoms with Crippen LogP contribution in [-0.4, -0.2) is 33.8 Å². The van der Waals surface area contributed by atoms with Crippen molar-refractivity contribution in [2.75, 3.05) is 13.1 Å². The Morgan fingerprint density at radius 3 is 2.61 bits per heavy atom. The maximum Gasteiger partial charge on any atom is 0.286 e. The van der Waals surface area contributed by atoms with Gasteiger partial charge in [-0.15, -0.1) is 11.3 Å². The van der Waals surface area contributed by atoms with Gasteiger partial charge in [0.25, 0.3) is 5.91 Å². The van der Waals surface area contributed by atoms with Crippen LogP contribution in [0, 0.1) is 0 Å². The van der Waals surface area contributed by atoms with Crippen LogP contribution >= 0.6 is 50.5 Å². The Labute approximate surface area is 203 Å². The number of carbonyl (C=O) groups is 1. The summed E-state index contributed by atoms with van der Waals surface area (Å²) >= 11 is 18.0. The maximum atomic E-state index is 13.3. The first-order chi connectivity index (χ1) is 15.0. The van der Waals surface area contributed by atoms with Crippen LogP contribution in [0.25, 0.3) is 16.9 Å². The van der Waals surface area contributed by atoms with Crippen LogP contribution in [0.2, 0.25) is 10.0 Å². The molecule has 3 heterocycles. The Morgan fingerprint density at radius 1 is 1.10 bits per heavy atom. The average molecular weight is 540 g/mol. The van der Waals surface area contributed by atoms with Crippen molar-refractivity contribution in [1.82, 2.24) is 20.2 Å². The molecule has 0 atom stereocenters. The van der Waals surface area contributed by atoms with Gasteiger partial charge in [-0.25, -0.2) is 9.69 Å². The van der Waals surface area contributed by atoms with Crippen LogP contribution in [-0.2, 0) is 12.8 Å². The van der Waals surface area contributed by atoms with E-state index in [1.54, 1.807) is 23.5 Å². The minimum absolute atomic E-state index is 0.153. The Morgan fingerprint density at radius 2 is 1.87 bits per heavy atom. The zero-order chi connectivity index (χ0) is 21.5. The molecular formula is C22H21BrCl2N4OS. The molecule has 5 nitrogen and oxygen atoms in total. The van der Waals surface area contributed by atoms with E-state index in [4.69, 9.17) is 28.3 Å². The maximum absolute atomic E-state index is 13.3. The molecular weight excluding hydrogens is 519 g/mol. The lowest BCUT2D eigenvalue weighted by Crippen LogP contribution is -2.43. The second-order valence-electron chi connectivity index (χ2n) is 7.91. The molecule has 1 fully saturated rings.